The summed E-state index contributed by atoms with van der Waals surface area (Å²) in [6.45, 7) is 3.19. The first-order valence-corrected chi connectivity index (χ1v) is 8.59. The van der Waals surface area contributed by atoms with E-state index < -0.39 is 9.84 Å². The molecule has 1 rings (SSSR count). The van der Waals surface area contributed by atoms with Crippen molar-refractivity contribution >= 4 is 15.7 Å². The molecule has 0 saturated heterocycles. The van der Waals surface area contributed by atoms with Gasteiger partial charge in [0.1, 0.15) is 9.84 Å². The molecule has 1 unspecified atom stereocenters. The molecule has 1 fully saturated rings. The van der Waals surface area contributed by atoms with Gasteiger partial charge in [0.2, 0.25) is 5.91 Å². The smallest absolute Gasteiger partial charge is 0.237 e. The summed E-state index contributed by atoms with van der Waals surface area (Å²) in [6.07, 6.45) is 3.14. The second kappa shape index (κ2) is 7.21. The molecule has 1 saturated carbocycles. The highest BCUT2D eigenvalue weighted by Crippen LogP contribution is 2.29. The summed E-state index contributed by atoms with van der Waals surface area (Å²) in [4.78, 5) is 13.9. The Morgan fingerprint density at radius 1 is 1.47 bits per heavy atom. The standard InChI is InChI=1S/C12H24N2O4S/c1-10(9-19(3,16)17)14(11-4-5-11)12(15)8-13-6-7-18-2/h10-11,13H,4-9H2,1-3H3. The van der Waals surface area contributed by atoms with Crippen LogP contribution in [0.1, 0.15) is 19.8 Å². The zero-order chi connectivity index (χ0) is 14.5. The summed E-state index contributed by atoms with van der Waals surface area (Å²) in [5, 5.41) is 3.00. The summed E-state index contributed by atoms with van der Waals surface area (Å²) in [5.41, 5.74) is 0. The highest BCUT2D eigenvalue weighted by molar-refractivity contribution is 7.90. The van der Waals surface area contributed by atoms with Gasteiger partial charge in [-0.25, -0.2) is 8.42 Å². The van der Waals surface area contributed by atoms with E-state index >= 15 is 0 Å². The van der Waals surface area contributed by atoms with Crippen LogP contribution in [0.4, 0.5) is 0 Å². The SMILES string of the molecule is COCCNCC(=O)N(C(C)CS(C)(=O)=O)C1CC1. The monoisotopic (exact) mass is 292 g/mol. The molecule has 0 radical (unpaired) electrons. The molecule has 6 nitrogen and oxygen atoms in total. The Morgan fingerprint density at radius 3 is 2.58 bits per heavy atom. The zero-order valence-electron chi connectivity index (χ0n) is 11.9. The van der Waals surface area contributed by atoms with E-state index in [-0.39, 0.29) is 30.3 Å². The minimum atomic E-state index is -3.07. The molecule has 0 aromatic heterocycles. The van der Waals surface area contributed by atoms with Gasteiger partial charge in [0, 0.05) is 32.0 Å². The van der Waals surface area contributed by atoms with E-state index in [0.29, 0.717) is 13.2 Å². The van der Waals surface area contributed by atoms with Gasteiger partial charge in [-0.2, -0.15) is 0 Å². The summed E-state index contributed by atoms with van der Waals surface area (Å²) < 4.78 is 27.6. The highest BCUT2D eigenvalue weighted by Gasteiger charge is 2.36. The third-order valence-electron chi connectivity index (χ3n) is 3.01. The first-order valence-electron chi connectivity index (χ1n) is 6.53. The van der Waals surface area contributed by atoms with Crippen molar-refractivity contribution in [2.75, 3.05) is 38.8 Å². The summed E-state index contributed by atoms with van der Waals surface area (Å²) in [5.74, 6) is -0.0115. The molecule has 1 amide bonds. The van der Waals surface area contributed by atoms with Gasteiger partial charge in [0.05, 0.1) is 18.9 Å². The Kier molecular flexibility index (Phi) is 6.22. The first kappa shape index (κ1) is 16.4. The van der Waals surface area contributed by atoms with Gasteiger partial charge in [-0.15, -0.1) is 0 Å². The average molecular weight is 292 g/mol. The van der Waals surface area contributed by atoms with Crippen LogP contribution in [-0.4, -0.2) is 70.1 Å². The number of nitrogens with one attached hydrogen (secondary N) is 1. The lowest BCUT2D eigenvalue weighted by Crippen LogP contribution is -2.47. The fourth-order valence-corrected chi connectivity index (χ4v) is 3.18. The Hall–Kier alpha value is -0.660. The molecule has 1 N–H and O–H groups in total. The van der Waals surface area contributed by atoms with Gasteiger partial charge in [0.25, 0.3) is 0 Å². The van der Waals surface area contributed by atoms with Gasteiger partial charge >= 0.3 is 0 Å². The number of amides is 1. The third kappa shape index (κ3) is 6.35. The summed E-state index contributed by atoms with van der Waals surface area (Å²) in [6, 6.07) is -0.0484. The lowest BCUT2D eigenvalue weighted by Gasteiger charge is -2.29. The van der Waals surface area contributed by atoms with Crippen LogP contribution in [0.15, 0.2) is 0 Å². The van der Waals surface area contributed by atoms with Crippen molar-refractivity contribution in [3.8, 4) is 0 Å². The van der Waals surface area contributed by atoms with E-state index in [9.17, 15) is 13.2 Å². The van der Waals surface area contributed by atoms with Gasteiger partial charge in [-0.05, 0) is 19.8 Å². The number of carbonyl (C=O) groups excluding carboxylic acids is 1. The Bertz CT molecular complexity index is 393. The van der Waals surface area contributed by atoms with Crippen LogP contribution in [0.5, 0.6) is 0 Å². The molecule has 0 heterocycles. The normalized spacial score (nSPS) is 17.2. The maximum Gasteiger partial charge on any atom is 0.237 e. The molecule has 1 aliphatic carbocycles. The van der Waals surface area contributed by atoms with Crippen LogP contribution in [0, 0.1) is 0 Å². The average Bonchev–Trinajstić information content (AvgIpc) is 3.06. The van der Waals surface area contributed by atoms with Crippen LogP contribution in [0.25, 0.3) is 0 Å². The van der Waals surface area contributed by atoms with Gasteiger partial charge < -0.3 is 15.0 Å². The van der Waals surface area contributed by atoms with Crippen LogP contribution >= 0.6 is 0 Å². The summed E-state index contributed by atoms with van der Waals surface area (Å²) in [7, 11) is -1.47. The Morgan fingerprint density at radius 2 is 2.11 bits per heavy atom. The van der Waals surface area contributed by atoms with Crippen LogP contribution in [0.2, 0.25) is 0 Å². The van der Waals surface area contributed by atoms with E-state index in [1.807, 2.05) is 0 Å². The highest BCUT2D eigenvalue weighted by atomic mass is 32.2. The molecule has 0 aromatic rings. The maximum atomic E-state index is 12.1. The van der Waals surface area contributed by atoms with Crippen molar-refractivity contribution < 1.29 is 17.9 Å². The number of sulfone groups is 1. The van der Waals surface area contributed by atoms with E-state index in [4.69, 9.17) is 4.74 Å². The molecular weight excluding hydrogens is 268 g/mol. The number of nitrogens with zero attached hydrogens (tertiary/aromatic N) is 1. The van der Waals surface area contributed by atoms with Crippen LogP contribution in [-0.2, 0) is 19.4 Å². The minimum absolute atomic E-state index is 0.0211. The van der Waals surface area contributed by atoms with Gasteiger partial charge in [-0.3, -0.25) is 4.79 Å². The number of carbonyl (C=O) groups is 1. The quantitative estimate of drug-likeness (QED) is 0.588. The van der Waals surface area contributed by atoms with Crippen LogP contribution in [0.3, 0.4) is 0 Å². The third-order valence-corrected chi connectivity index (χ3v) is 4.09. The number of hydrogen-bond donors (Lipinski definition) is 1. The largest absolute Gasteiger partial charge is 0.383 e. The molecule has 0 bridgehead atoms. The molecule has 0 aromatic carbocycles. The molecule has 19 heavy (non-hydrogen) atoms. The molecule has 112 valence electrons. The number of ether oxygens (including phenoxy) is 1. The van der Waals surface area contributed by atoms with Crippen molar-refractivity contribution in [2.45, 2.75) is 31.8 Å². The molecule has 7 heteroatoms. The predicted molar refractivity (Wildman–Crippen MR) is 73.8 cm³/mol. The minimum Gasteiger partial charge on any atom is -0.383 e. The van der Waals surface area contributed by atoms with Gasteiger partial charge in [-0.1, -0.05) is 0 Å². The van der Waals surface area contributed by atoms with Crippen molar-refractivity contribution in [3.63, 3.8) is 0 Å². The number of hydrogen-bond acceptors (Lipinski definition) is 5. The Labute approximate surface area is 115 Å². The molecule has 1 aliphatic rings. The molecule has 0 aliphatic heterocycles. The molecular formula is C12H24N2O4S. The molecule has 0 spiro atoms. The predicted octanol–water partition coefficient (Wildman–Crippen LogP) is -0.353. The fraction of sp³-hybridized carbons (Fsp3) is 0.917. The zero-order valence-corrected chi connectivity index (χ0v) is 12.7. The number of rotatable bonds is 9. The van der Waals surface area contributed by atoms with Crippen molar-refractivity contribution in [1.29, 1.82) is 0 Å². The van der Waals surface area contributed by atoms with E-state index in [2.05, 4.69) is 5.32 Å². The topological polar surface area (TPSA) is 75.7 Å². The second-order valence-electron chi connectivity index (χ2n) is 5.14. The second-order valence-corrected chi connectivity index (χ2v) is 7.33. The van der Waals surface area contributed by atoms with E-state index in [1.165, 1.54) is 6.26 Å². The van der Waals surface area contributed by atoms with E-state index in [0.717, 1.165) is 12.8 Å². The molecule has 1 atom stereocenters. The summed E-state index contributed by atoms with van der Waals surface area (Å²) >= 11 is 0. The Balaban J connectivity index is 2.49. The van der Waals surface area contributed by atoms with Crippen molar-refractivity contribution in [2.24, 2.45) is 0 Å². The maximum absolute atomic E-state index is 12.1. The number of methoxy groups -OCH3 is 1. The van der Waals surface area contributed by atoms with Crippen LogP contribution < -0.4 is 5.32 Å². The fourth-order valence-electron chi connectivity index (χ4n) is 2.14. The lowest BCUT2D eigenvalue weighted by atomic mass is 10.3. The first-order chi connectivity index (χ1) is 8.85. The van der Waals surface area contributed by atoms with Crippen molar-refractivity contribution in [3.05, 3.63) is 0 Å². The van der Waals surface area contributed by atoms with Gasteiger partial charge in [0.15, 0.2) is 0 Å². The van der Waals surface area contributed by atoms with E-state index in [1.54, 1.807) is 18.9 Å². The lowest BCUT2D eigenvalue weighted by molar-refractivity contribution is -0.132. The van der Waals surface area contributed by atoms with Crippen molar-refractivity contribution in [1.82, 2.24) is 10.2 Å².